The molecule has 306 valence electrons. The number of ether oxygens (including phenoxy) is 1. The summed E-state index contributed by atoms with van der Waals surface area (Å²) in [6.07, 6.45) is 0. The maximum atomic E-state index is 6.49. The van der Waals surface area contributed by atoms with Gasteiger partial charge in [-0.25, -0.2) is 0 Å². The Labute approximate surface area is 379 Å². The number of fused-ring (bicyclic) bond motifs is 3. The Morgan fingerprint density at radius 1 is 0.292 bits per heavy atom. The minimum Gasteiger partial charge on any atom is -0.456 e. The molecule has 0 aromatic heterocycles. The molecule has 0 amide bonds. The third kappa shape index (κ3) is 7.12. The first kappa shape index (κ1) is 38.2. The van der Waals surface area contributed by atoms with Crippen LogP contribution in [0.2, 0.25) is 0 Å². The Balaban J connectivity index is 0.957. The van der Waals surface area contributed by atoms with Crippen LogP contribution in [-0.4, -0.2) is 0 Å². The predicted molar refractivity (Wildman–Crippen MR) is 273 cm³/mol. The van der Waals surface area contributed by atoms with Gasteiger partial charge in [0, 0.05) is 28.9 Å². The molecule has 0 bridgehead atoms. The van der Waals surface area contributed by atoms with Gasteiger partial charge < -0.3 is 9.64 Å². The molecule has 0 N–H and O–H groups in total. The second-order valence-corrected chi connectivity index (χ2v) is 16.8. The first-order valence-corrected chi connectivity index (χ1v) is 22.4. The van der Waals surface area contributed by atoms with Gasteiger partial charge in [-0.15, -0.1) is 0 Å². The van der Waals surface area contributed by atoms with Crippen molar-refractivity contribution < 1.29 is 4.74 Å². The number of nitrogens with zero attached hydrogens (tertiary/aromatic N) is 1. The summed E-state index contributed by atoms with van der Waals surface area (Å²) in [6.45, 7) is 0.670. The SMILES string of the molecule is c1ccc(-c2ccc(-c3ccc(N(Cc4ccccc4-c4cccc5ccccc45)c4cccc(-c5ccc6c(c5)-c5cccc7cccc(c57)O6)c4)cc3)cc2-c2ccccc2)cc1. The molecule has 0 radical (unpaired) electrons. The zero-order valence-corrected chi connectivity index (χ0v) is 35.7. The van der Waals surface area contributed by atoms with Crippen molar-refractivity contribution in [3.63, 3.8) is 0 Å². The molecule has 1 heterocycles. The lowest BCUT2D eigenvalue weighted by molar-refractivity contribution is 0.487. The molecule has 0 saturated carbocycles. The Morgan fingerprint density at radius 3 is 1.69 bits per heavy atom. The number of rotatable bonds is 9. The van der Waals surface area contributed by atoms with Crippen LogP contribution in [0.1, 0.15) is 5.56 Å². The van der Waals surface area contributed by atoms with Gasteiger partial charge >= 0.3 is 0 Å². The number of hydrogen-bond acceptors (Lipinski definition) is 2. The molecule has 0 fully saturated rings. The van der Waals surface area contributed by atoms with Crippen molar-refractivity contribution in [3.05, 3.63) is 254 Å². The van der Waals surface area contributed by atoms with E-state index in [0.717, 1.165) is 45.0 Å². The van der Waals surface area contributed by atoms with Crippen LogP contribution in [0.5, 0.6) is 11.5 Å². The standard InChI is InChI=1S/C63H43NO/c1-3-15-44(16-4-1)56-37-33-49(40-59(56)46-17-5-2-6-18-46)43-31-35-52(36-32-43)64(42-51-20-8-10-27-55(51)57-28-12-21-45-19-7-9-26-54(45)57)53-25-11-24-48(39-53)50-34-38-61-60(41-50)58-29-13-22-47-23-14-30-62(65-61)63(47)58/h1-41H,42H2. The van der Waals surface area contributed by atoms with Gasteiger partial charge in [0.2, 0.25) is 0 Å². The van der Waals surface area contributed by atoms with E-state index in [1.165, 1.54) is 71.8 Å². The lowest BCUT2D eigenvalue weighted by Gasteiger charge is -2.28. The zero-order chi connectivity index (χ0) is 43.1. The van der Waals surface area contributed by atoms with Crippen LogP contribution in [0, 0.1) is 0 Å². The Kier molecular flexibility index (Phi) is 9.61. The minimum absolute atomic E-state index is 0.670. The maximum absolute atomic E-state index is 6.49. The maximum Gasteiger partial charge on any atom is 0.135 e. The summed E-state index contributed by atoms with van der Waals surface area (Å²) in [5.74, 6) is 1.79. The molecule has 1 aliphatic rings. The van der Waals surface area contributed by atoms with Crippen molar-refractivity contribution in [3.8, 4) is 78.3 Å². The molecule has 11 aromatic rings. The van der Waals surface area contributed by atoms with E-state index in [9.17, 15) is 0 Å². The molecule has 0 unspecified atom stereocenters. The monoisotopic (exact) mass is 829 g/mol. The van der Waals surface area contributed by atoms with Crippen LogP contribution in [-0.2, 0) is 6.54 Å². The zero-order valence-electron chi connectivity index (χ0n) is 35.7. The van der Waals surface area contributed by atoms with Gasteiger partial charge in [0.1, 0.15) is 11.5 Å². The Bertz CT molecular complexity index is 3530. The summed E-state index contributed by atoms with van der Waals surface area (Å²) in [5, 5.41) is 4.84. The molecule has 0 atom stereocenters. The molecular formula is C63H43NO. The average Bonchev–Trinajstić information content (AvgIpc) is 3.38. The van der Waals surface area contributed by atoms with Crippen molar-refractivity contribution in [2.24, 2.45) is 0 Å². The van der Waals surface area contributed by atoms with Gasteiger partial charge in [-0.3, -0.25) is 0 Å². The van der Waals surface area contributed by atoms with Gasteiger partial charge in [0.05, 0.1) is 0 Å². The molecule has 12 rings (SSSR count). The van der Waals surface area contributed by atoms with E-state index in [-0.39, 0.29) is 0 Å². The lowest BCUT2D eigenvalue weighted by atomic mass is 9.91. The van der Waals surface area contributed by atoms with Crippen molar-refractivity contribution in [1.29, 1.82) is 0 Å². The third-order valence-electron chi connectivity index (χ3n) is 13.0. The normalized spacial score (nSPS) is 11.6. The fraction of sp³-hybridized carbons (Fsp3) is 0.0159. The summed E-state index contributed by atoms with van der Waals surface area (Å²) in [5.41, 5.74) is 17.8. The largest absolute Gasteiger partial charge is 0.456 e. The van der Waals surface area contributed by atoms with Crippen LogP contribution in [0.15, 0.2) is 249 Å². The van der Waals surface area contributed by atoms with E-state index in [0.29, 0.717) is 6.54 Å². The molecule has 2 nitrogen and oxygen atoms in total. The van der Waals surface area contributed by atoms with Crippen molar-refractivity contribution in [1.82, 2.24) is 0 Å². The number of hydrogen-bond donors (Lipinski definition) is 0. The van der Waals surface area contributed by atoms with E-state index in [4.69, 9.17) is 4.74 Å². The Morgan fingerprint density at radius 2 is 0.862 bits per heavy atom. The smallest absolute Gasteiger partial charge is 0.135 e. The fourth-order valence-corrected chi connectivity index (χ4v) is 9.76. The summed E-state index contributed by atoms with van der Waals surface area (Å²) in [7, 11) is 0. The molecule has 0 aliphatic carbocycles. The number of anilines is 2. The van der Waals surface area contributed by atoms with E-state index in [1.54, 1.807) is 0 Å². The molecular weight excluding hydrogens is 787 g/mol. The van der Waals surface area contributed by atoms with Crippen LogP contribution in [0.4, 0.5) is 11.4 Å². The first-order valence-electron chi connectivity index (χ1n) is 22.4. The first-order chi connectivity index (χ1) is 32.2. The van der Waals surface area contributed by atoms with E-state index in [2.05, 4.69) is 254 Å². The Hall–Kier alpha value is -8.46. The van der Waals surface area contributed by atoms with Crippen molar-refractivity contribution >= 4 is 32.9 Å². The fourth-order valence-electron chi connectivity index (χ4n) is 9.76. The summed E-state index contributed by atoms with van der Waals surface area (Å²) in [6, 6.07) is 90.0. The highest BCUT2D eigenvalue weighted by molar-refractivity contribution is 6.04. The summed E-state index contributed by atoms with van der Waals surface area (Å²) < 4.78 is 6.49. The van der Waals surface area contributed by atoms with Crippen molar-refractivity contribution in [2.75, 3.05) is 4.90 Å². The quantitative estimate of drug-likeness (QED) is 0.144. The summed E-state index contributed by atoms with van der Waals surface area (Å²) in [4.78, 5) is 2.46. The molecule has 0 spiro atoms. The molecule has 65 heavy (non-hydrogen) atoms. The van der Waals surface area contributed by atoms with Crippen molar-refractivity contribution in [2.45, 2.75) is 6.54 Å². The highest BCUT2D eigenvalue weighted by Crippen LogP contribution is 2.48. The molecule has 11 aromatic carbocycles. The van der Waals surface area contributed by atoms with Gasteiger partial charge in [-0.2, -0.15) is 0 Å². The lowest BCUT2D eigenvalue weighted by Crippen LogP contribution is -2.17. The third-order valence-corrected chi connectivity index (χ3v) is 13.0. The van der Waals surface area contributed by atoms with E-state index >= 15 is 0 Å². The van der Waals surface area contributed by atoms with Crippen LogP contribution >= 0.6 is 0 Å². The van der Waals surface area contributed by atoms with Gasteiger partial charge in [-0.1, -0.05) is 200 Å². The van der Waals surface area contributed by atoms with Gasteiger partial charge in [0.15, 0.2) is 0 Å². The highest BCUT2D eigenvalue weighted by Gasteiger charge is 2.21. The minimum atomic E-state index is 0.670. The van der Waals surface area contributed by atoms with Crippen LogP contribution < -0.4 is 9.64 Å². The predicted octanol–water partition coefficient (Wildman–Crippen LogP) is 17.4. The topological polar surface area (TPSA) is 12.5 Å². The second kappa shape index (κ2) is 16.3. The average molecular weight is 830 g/mol. The number of benzene rings is 11. The van der Waals surface area contributed by atoms with Crippen LogP contribution in [0.25, 0.3) is 88.3 Å². The van der Waals surface area contributed by atoms with Gasteiger partial charge in [0.25, 0.3) is 0 Å². The van der Waals surface area contributed by atoms with E-state index in [1.807, 2.05) is 0 Å². The van der Waals surface area contributed by atoms with Crippen LogP contribution in [0.3, 0.4) is 0 Å². The second-order valence-electron chi connectivity index (χ2n) is 16.8. The molecule has 1 aliphatic heterocycles. The highest BCUT2D eigenvalue weighted by atomic mass is 16.5. The summed E-state index contributed by atoms with van der Waals surface area (Å²) >= 11 is 0. The molecule has 2 heteroatoms. The van der Waals surface area contributed by atoms with E-state index < -0.39 is 0 Å². The molecule has 0 saturated heterocycles. The van der Waals surface area contributed by atoms with Gasteiger partial charge in [-0.05, 0) is 131 Å².